The van der Waals surface area contributed by atoms with Gasteiger partial charge in [0.1, 0.15) is 11.4 Å². The van der Waals surface area contributed by atoms with Crippen LogP contribution < -0.4 is 4.74 Å². The van der Waals surface area contributed by atoms with Crippen molar-refractivity contribution in [3.63, 3.8) is 0 Å². The van der Waals surface area contributed by atoms with Gasteiger partial charge in [-0.25, -0.2) is 4.98 Å². The number of aliphatic hydroxyl groups is 1. The molecule has 1 aliphatic rings. The highest BCUT2D eigenvalue weighted by Gasteiger charge is 2.36. The third kappa shape index (κ3) is 3.14. The maximum atomic E-state index is 12.9. The lowest BCUT2D eigenvalue weighted by atomic mass is 10.0. The molecule has 2 aromatic rings. The summed E-state index contributed by atoms with van der Waals surface area (Å²) in [6, 6.07) is 7.71. The fourth-order valence-corrected chi connectivity index (χ4v) is 3.08. The molecule has 1 N–H and O–H groups in total. The van der Waals surface area contributed by atoms with Crippen LogP contribution >= 0.6 is 0 Å². The van der Waals surface area contributed by atoms with Gasteiger partial charge >= 0.3 is 0 Å². The Balaban J connectivity index is 1.87. The molecule has 6 heteroatoms. The lowest BCUT2D eigenvalue weighted by Gasteiger charge is -2.24. The van der Waals surface area contributed by atoms with E-state index in [1.54, 1.807) is 24.5 Å². The molecule has 0 spiro atoms. The number of aromatic nitrogens is 2. The SMILES string of the molecule is COc1cccc([C@@H]2C[C@@H](O)CN2C(=O)c2cn(C(C)C)cn2)c1. The molecule has 1 aromatic heterocycles. The van der Waals surface area contributed by atoms with Gasteiger partial charge in [-0.15, -0.1) is 0 Å². The molecule has 128 valence electrons. The molecule has 1 saturated heterocycles. The number of nitrogens with zero attached hydrogens (tertiary/aromatic N) is 3. The van der Waals surface area contributed by atoms with E-state index < -0.39 is 6.10 Å². The Bertz CT molecular complexity index is 726. The van der Waals surface area contributed by atoms with Crippen LogP contribution in [0, 0.1) is 0 Å². The highest BCUT2D eigenvalue weighted by Crippen LogP contribution is 2.34. The molecule has 24 heavy (non-hydrogen) atoms. The Labute approximate surface area is 141 Å². The number of carbonyl (C=O) groups excluding carboxylic acids is 1. The van der Waals surface area contributed by atoms with E-state index >= 15 is 0 Å². The number of methoxy groups -OCH3 is 1. The number of rotatable bonds is 4. The Morgan fingerprint density at radius 1 is 1.42 bits per heavy atom. The Morgan fingerprint density at radius 3 is 2.88 bits per heavy atom. The number of imidazole rings is 1. The molecule has 1 amide bonds. The fraction of sp³-hybridized carbons (Fsp3) is 0.444. The normalized spacial score (nSPS) is 20.6. The summed E-state index contributed by atoms with van der Waals surface area (Å²) in [5, 5.41) is 10.1. The summed E-state index contributed by atoms with van der Waals surface area (Å²) in [5.41, 5.74) is 1.37. The maximum absolute atomic E-state index is 12.9. The van der Waals surface area contributed by atoms with Gasteiger partial charge in [-0.2, -0.15) is 0 Å². The van der Waals surface area contributed by atoms with Gasteiger partial charge in [0, 0.05) is 18.8 Å². The smallest absolute Gasteiger partial charge is 0.274 e. The maximum Gasteiger partial charge on any atom is 0.274 e. The average molecular weight is 329 g/mol. The summed E-state index contributed by atoms with van der Waals surface area (Å²) < 4.78 is 7.17. The van der Waals surface area contributed by atoms with E-state index in [4.69, 9.17) is 4.74 Å². The average Bonchev–Trinajstić information content (AvgIpc) is 3.21. The lowest BCUT2D eigenvalue weighted by Crippen LogP contribution is -2.32. The van der Waals surface area contributed by atoms with Gasteiger partial charge in [-0.1, -0.05) is 12.1 Å². The predicted octanol–water partition coefficient (Wildman–Crippen LogP) is 2.42. The third-order valence-corrected chi connectivity index (χ3v) is 4.44. The van der Waals surface area contributed by atoms with E-state index in [9.17, 15) is 9.90 Å². The summed E-state index contributed by atoms with van der Waals surface area (Å²) in [6.45, 7) is 4.39. The van der Waals surface area contributed by atoms with Crippen LogP contribution in [-0.2, 0) is 0 Å². The van der Waals surface area contributed by atoms with Crippen LogP contribution in [0.3, 0.4) is 0 Å². The number of aliphatic hydroxyl groups excluding tert-OH is 1. The van der Waals surface area contributed by atoms with Crippen molar-refractivity contribution in [1.29, 1.82) is 0 Å². The van der Waals surface area contributed by atoms with Crippen molar-refractivity contribution < 1.29 is 14.6 Å². The predicted molar refractivity (Wildman–Crippen MR) is 90.0 cm³/mol. The minimum Gasteiger partial charge on any atom is -0.497 e. The molecule has 1 aliphatic heterocycles. The summed E-state index contributed by atoms with van der Waals surface area (Å²) in [6.07, 6.45) is 3.42. The fourth-order valence-electron chi connectivity index (χ4n) is 3.08. The summed E-state index contributed by atoms with van der Waals surface area (Å²) >= 11 is 0. The van der Waals surface area contributed by atoms with Crippen molar-refractivity contribution in [1.82, 2.24) is 14.5 Å². The number of hydrogen-bond acceptors (Lipinski definition) is 4. The van der Waals surface area contributed by atoms with Crippen LogP contribution in [0.5, 0.6) is 5.75 Å². The summed E-state index contributed by atoms with van der Waals surface area (Å²) in [7, 11) is 1.62. The van der Waals surface area contributed by atoms with E-state index in [1.807, 2.05) is 42.7 Å². The first-order valence-corrected chi connectivity index (χ1v) is 8.16. The molecular weight excluding hydrogens is 306 g/mol. The lowest BCUT2D eigenvalue weighted by molar-refractivity contribution is 0.0710. The van der Waals surface area contributed by atoms with Crippen molar-refractivity contribution in [3.8, 4) is 5.75 Å². The monoisotopic (exact) mass is 329 g/mol. The number of β-amino-alcohol motifs (C(OH)–C–C–N with tert-alkyl or cyclic N) is 1. The first-order chi connectivity index (χ1) is 11.5. The minimum atomic E-state index is -0.530. The number of likely N-dealkylation sites (tertiary alicyclic amines) is 1. The summed E-state index contributed by atoms with van der Waals surface area (Å²) in [5.74, 6) is 0.587. The van der Waals surface area contributed by atoms with Crippen LogP contribution in [-0.4, -0.2) is 45.2 Å². The van der Waals surface area contributed by atoms with Gasteiger partial charge in [0.2, 0.25) is 0 Å². The second-order valence-corrected chi connectivity index (χ2v) is 6.44. The number of ether oxygens (including phenoxy) is 1. The molecule has 0 unspecified atom stereocenters. The highest BCUT2D eigenvalue weighted by atomic mass is 16.5. The minimum absolute atomic E-state index is 0.154. The topological polar surface area (TPSA) is 67.6 Å². The zero-order valence-electron chi connectivity index (χ0n) is 14.2. The van der Waals surface area contributed by atoms with Crippen molar-refractivity contribution >= 4 is 5.91 Å². The molecule has 6 nitrogen and oxygen atoms in total. The molecule has 3 rings (SSSR count). The Morgan fingerprint density at radius 2 is 2.21 bits per heavy atom. The molecule has 2 heterocycles. The second-order valence-electron chi connectivity index (χ2n) is 6.44. The summed E-state index contributed by atoms with van der Waals surface area (Å²) in [4.78, 5) is 18.8. The molecule has 1 aromatic carbocycles. The molecule has 1 fully saturated rings. The second kappa shape index (κ2) is 6.65. The Kier molecular flexibility index (Phi) is 4.57. The quantitative estimate of drug-likeness (QED) is 0.935. The Hall–Kier alpha value is -2.34. The van der Waals surface area contributed by atoms with Gasteiger partial charge in [0.25, 0.3) is 5.91 Å². The van der Waals surface area contributed by atoms with Crippen LogP contribution in [0.1, 0.15) is 48.4 Å². The van der Waals surface area contributed by atoms with Gasteiger partial charge < -0.3 is 19.3 Å². The molecular formula is C18H23N3O3. The molecule has 0 aliphatic carbocycles. The molecule has 0 saturated carbocycles. The zero-order chi connectivity index (χ0) is 17.3. The van der Waals surface area contributed by atoms with E-state index in [0.717, 1.165) is 11.3 Å². The zero-order valence-corrected chi connectivity index (χ0v) is 14.2. The van der Waals surface area contributed by atoms with Crippen molar-refractivity contribution in [2.75, 3.05) is 13.7 Å². The van der Waals surface area contributed by atoms with Crippen LogP contribution in [0.15, 0.2) is 36.8 Å². The van der Waals surface area contributed by atoms with Gasteiger partial charge in [-0.05, 0) is 38.0 Å². The largest absolute Gasteiger partial charge is 0.497 e. The van der Waals surface area contributed by atoms with E-state index in [-0.39, 0.29) is 18.0 Å². The number of benzene rings is 1. The van der Waals surface area contributed by atoms with Crippen molar-refractivity contribution in [2.45, 2.75) is 38.5 Å². The van der Waals surface area contributed by atoms with E-state index in [1.165, 1.54) is 0 Å². The van der Waals surface area contributed by atoms with Crippen LogP contribution in [0.4, 0.5) is 0 Å². The van der Waals surface area contributed by atoms with Gasteiger partial charge in [-0.3, -0.25) is 4.79 Å². The van der Waals surface area contributed by atoms with Crippen LogP contribution in [0.25, 0.3) is 0 Å². The van der Waals surface area contributed by atoms with E-state index in [2.05, 4.69) is 4.98 Å². The van der Waals surface area contributed by atoms with Crippen molar-refractivity contribution in [2.24, 2.45) is 0 Å². The molecule has 0 bridgehead atoms. The van der Waals surface area contributed by atoms with E-state index in [0.29, 0.717) is 18.7 Å². The number of hydrogen-bond donors (Lipinski definition) is 1. The number of carbonyl (C=O) groups is 1. The van der Waals surface area contributed by atoms with Gasteiger partial charge in [0.05, 0.1) is 25.6 Å². The standard InChI is InChI=1S/C18H23N3O3/c1-12(2)20-10-16(19-11-20)18(23)21-9-14(22)8-17(21)13-5-4-6-15(7-13)24-3/h4-7,10-12,14,17,22H,8-9H2,1-3H3/t14-,17+/m1/s1. The third-order valence-electron chi connectivity index (χ3n) is 4.44. The first kappa shape index (κ1) is 16.5. The van der Waals surface area contributed by atoms with Gasteiger partial charge in [0.15, 0.2) is 0 Å². The molecule has 2 atom stereocenters. The van der Waals surface area contributed by atoms with Crippen molar-refractivity contribution in [3.05, 3.63) is 48.0 Å². The highest BCUT2D eigenvalue weighted by molar-refractivity contribution is 5.92. The van der Waals surface area contributed by atoms with Crippen LogP contribution in [0.2, 0.25) is 0 Å². The first-order valence-electron chi connectivity index (χ1n) is 8.16. The molecule has 0 radical (unpaired) electrons. The number of amides is 1.